The van der Waals surface area contributed by atoms with E-state index < -0.39 is 15.5 Å². The molecule has 0 atom stereocenters. The van der Waals surface area contributed by atoms with Gasteiger partial charge in [0.05, 0.1) is 36.2 Å². The van der Waals surface area contributed by atoms with E-state index in [-0.39, 0.29) is 18.0 Å². The lowest BCUT2D eigenvalue weighted by molar-refractivity contribution is -0.394. The van der Waals surface area contributed by atoms with Crippen LogP contribution in [0.25, 0.3) is 0 Å². The Labute approximate surface area is 149 Å². The van der Waals surface area contributed by atoms with Gasteiger partial charge in [0.25, 0.3) is 5.69 Å². The molecule has 0 aromatic heterocycles. The summed E-state index contributed by atoms with van der Waals surface area (Å²) in [6.07, 6.45) is 1.30. The third kappa shape index (κ3) is 5.33. The van der Waals surface area contributed by atoms with Crippen LogP contribution in [0.2, 0.25) is 0 Å². The number of benzene rings is 2. The lowest BCUT2D eigenvalue weighted by Gasteiger charge is -2.08. The van der Waals surface area contributed by atoms with Gasteiger partial charge in [-0.15, -0.1) is 0 Å². The molecular weight excluding hydrogens is 344 g/mol. The van der Waals surface area contributed by atoms with Gasteiger partial charge in [0.2, 0.25) is 0 Å². The highest BCUT2D eigenvalue weighted by atomic mass is 16.6. The predicted molar refractivity (Wildman–Crippen MR) is 93.0 cm³/mol. The SMILES string of the molecule is COc1ccc(OCCCCOc2ccc([N+](=O)[O-])cc2[N+](=O)[O-])cc1. The zero-order valence-electron chi connectivity index (χ0n) is 14.1. The van der Waals surface area contributed by atoms with Crippen molar-refractivity contribution in [2.24, 2.45) is 0 Å². The molecule has 26 heavy (non-hydrogen) atoms. The van der Waals surface area contributed by atoms with Crippen molar-refractivity contribution in [2.75, 3.05) is 20.3 Å². The van der Waals surface area contributed by atoms with E-state index in [9.17, 15) is 20.2 Å². The number of unbranched alkanes of at least 4 members (excludes halogenated alkanes) is 1. The van der Waals surface area contributed by atoms with E-state index in [4.69, 9.17) is 14.2 Å². The fraction of sp³-hybridized carbons (Fsp3) is 0.294. The summed E-state index contributed by atoms with van der Waals surface area (Å²) in [5.41, 5.74) is -0.773. The number of ether oxygens (including phenoxy) is 3. The van der Waals surface area contributed by atoms with Crippen LogP contribution in [-0.4, -0.2) is 30.2 Å². The Morgan fingerprint density at radius 1 is 0.846 bits per heavy atom. The number of nitrogens with zero attached hydrogens (tertiary/aromatic N) is 2. The number of hydrogen-bond acceptors (Lipinski definition) is 7. The van der Waals surface area contributed by atoms with Gasteiger partial charge in [-0.25, -0.2) is 0 Å². The first-order valence-corrected chi connectivity index (χ1v) is 7.83. The molecule has 0 aliphatic carbocycles. The fourth-order valence-corrected chi connectivity index (χ4v) is 2.13. The van der Waals surface area contributed by atoms with Crippen LogP contribution in [-0.2, 0) is 0 Å². The summed E-state index contributed by atoms with van der Waals surface area (Å²) in [6.45, 7) is 0.711. The van der Waals surface area contributed by atoms with Gasteiger partial charge < -0.3 is 14.2 Å². The van der Waals surface area contributed by atoms with Crippen LogP contribution in [0.1, 0.15) is 12.8 Å². The minimum atomic E-state index is -0.699. The second-order valence-corrected chi connectivity index (χ2v) is 5.25. The first-order valence-electron chi connectivity index (χ1n) is 7.83. The summed E-state index contributed by atoms with van der Waals surface area (Å²) >= 11 is 0. The summed E-state index contributed by atoms with van der Waals surface area (Å²) in [5, 5.41) is 21.7. The Morgan fingerprint density at radius 2 is 1.46 bits per heavy atom. The lowest BCUT2D eigenvalue weighted by Crippen LogP contribution is -2.04. The van der Waals surface area contributed by atoms with E-state index in [1.807, 2.05) is 0 Å². The molecule has 0 fully saturated rings. The third-order valence-electron chi connectivity index (χ3n) is 3.47. The van der Waals surface area contributed by atoms with Gasteiger partial charge in [-0.05, 0) is 43.2 Å². The quantitative estimate of drug-likeness (QED) is 0.359. The third-order valence-corrected chi connectivity index (χ3v) is 3.47. The van der Waals surface area contributed by atoms with Gasteiger partial charge in [0, 0.05) is 6.07 Å². The van der Waals surface area contributed by atoms with Crippen LogP contribution < -0.4 is 14.2 Å². The summed E-state index contributed by atoms with van der Waals surface area (Å²) < 4.78 is 16.0. The van der Waals surface area contributed by atoms with Gasteiger partial charge in [0.15, 0.2) is 5.75 Å². The van der Waals surface area contributed by atoms with E-state index in [0.29, 0.717) is 19.4 Å². The number of nitro groups is 2. The normalized spacial score (nSPS) is 10.2. The number of methoxy groups -OCH3 is 1. The van der Waals surface area contributed by atoms with Crippen molar-refractivity contribution in [3.05, 3.63) is 62.7 Å². The molecule has 2 rings (SSSR count). The van der Waals surface area contributed by atoms with E-state index in [1.165, 1.54) is 12.1 Å². The zero-order chi connectivity index (χ0) is 18.9. The van der Waals surface area contributed by atoms with Crippen LogP contribution in [0.3, 0.4) is 0 Å². The predicted octanol–water partition coefficient (Wildman–Crippen LogP) is 3.75. The number of rotatable bonds is 10. The van der Waals surface area contributed by atoms with Crippen molar-refractivity contribution in [3.8, 4) is 17.2 Å². The van der Waals surface area contributed by atoms with Gasteiger partial charge >= 0.3 is 5.69 Å². The smallest absolute Gasteiger partial charge is 0.317 e. The molecule has 0 saturated carbocycles. The fourth-order valence-electron chi connectivity index (χ4n) is 2.13. The molecule has 0 N–H and O–H groups in total. The molecule has 9 nitrogen and oxygen atoms in total. The molecule has 0 aliphatic heterocycles. The van der Waals surface area contributed by atoms with Gasteiger partial charge in [-0.2, -0.15) is 0 Å². The van der Waals surface area contributed by atoms with Crippen LogP contribution in [0.15, 0.2) is 42.5 Å². The Kier molecular flexibility index (Phi) is 6.72. The maximum absolute atomic E-state index is 11.0. The van der Waals surface area contributed by atoms with Crippen molar-refractivity contribution in [1.29, 1.82) is 0 Å². The molecule has 9 heteroatoms. The highest BCUT2D eigenvalue weighted by Crippen LogP contribution is 2.31. The summed E-state index contributed by atoms with van der Waals surface area (Å²) in [4.78, 5) is 20.3. The van der Waals surface area contributed by atoms with Crippen molar-refractivity contribution in [1.82, 2.24) is 0 Å². The van der Waals surface area contributed by atoms with Crippen LogP contribution in [0.5, 0.6) is 17.2 Å². The standard InChI is InChI=1S/C17H18N2O7/c1-24-14-5-7-15(8-6-14)25-10-2-3-11-26-17-9-4-13(18(20)21)12-16(17)19(22)23/h4-9,12H,2-3,10-11H2,1H3. The van der Waals surface area contributed by atoms with Gasteiger partial charge in [-0.3, -0.25) is 20.2 Å². The first kappa shape index (κ1) is 19.0. The molecule has 0 spiro atoms. The Bertz CT molecular complexity index is 762. The molecule has 0 amide bonds. The molecule has 0 saturated heterocycles. The Balaban J connectivity index is 1.77. The van der Waals surface area contributed by atoms with Crippen molar-refractivity contribution < 1.29 is 24.1 Å². The maximum atomic E-state index is 11.0. The second kappa shape index (κ2) is 9.21. The second-order valence-electron chi connectivity index (χ2n) is 5.25. The minimum absolute atomic E-state index is 0.0108. The van der Waals surface area contributed by atoms with E-state index in [0.717, 1.165) is 17.6 Å². The van der Waals surface area contributed by atoms with Gasteiger partial charge in [-0.1, -0.05) is 0 Å². The van der Waals surface area contributed by atoms with Crippen molar-refractivity contribution in [3.63, 3.8) is 0 Å². The summed E-state index contributed by atoms with van der Waals surface area (Å²) in [6, 6.07) is 10.5. The highest BCUT2D eigenvalue weighted by Gasteiger charge is 2.20. The van der Waals surface area contributed by atoms with E-state index in [2.05, 4.69) is 0 Å². The molecule has 0 radical (unpaired) electrons. The number of hydrogen-bond donors (Lipinski definition) is 0. The molecule has 0 unspecified atom stereocenters. The average molecular weight is 362 g/mol. The van der Waals surface area contributed by atoms with Crippen molar-refractivity contribution >= 4 is 11.4 Å². The van der Waals surface area contributed by atoms with E-state index in [1.54, 1.807) is 31.4 Å². The molecule has 0 aliphatic rings. The van der Waals surface area contributed by atoms with Crippen LogP contribution in [0.4, 0.5) is 11.4 Å². The summed E-state index contributed by atoms with van der Waals surface area (Å²) in [7, 11) is 1.59. The van der Waals surface area contributed by atoms with Crippen molar-refractivity contribution in [2.45, 2.75) is 12.8 Å². The Morgan fingerprint density at radius 3 is 2.04 bits per heavy atom. The van der Waals surface area contributed by atoms with E-state index >= 15 is 0 Å². The minimum Gasteiger partial charge on any atom is -0.497 e. The molecule has 0 heterocycles. The zero-order valence-corrected chi connectivity index (χ0v) is 14.1. The summed E-state index contributed by atoms with van der Waals surface area (Å²) in [5.74, 6) is 1.48. The number of nitro benzene ring substituents is 2. The lowest BCUT2D eigenvalue weighted by atomic mass is 10.2. The topological polar surface area (TPSA) is 114 Å². The Hall–Kier alpha value is -3.36. The molecule has 138 valence electrons. The molecule has 2 aromatic rings. The maximum Gasteiger partial charge on any atom is 0.317 e. The monoisotopic (exact) mass is 362 g/mol. The molecular formula is C17H18N2O7. The molecule has 2 aromatic carbocycles. The van der Waals surface area contributed by atoms with Crippen LogP contribution >= 0.6 is 0 Å². The molecule has 0 bridgehead atoms. The largest absolute Gasteiger partial charge is 0.497 e. The first-order chi connectivity index (χ1) is 12.5. The van der Waals surface area contributed by atoms with Gasteiger partial charge in [0.1, 0.15) is 11.5 Å². The number of non-ortho nitro benzene ring substituents is 1. The average Bonchev–Trinajstić information content (AvgIpc) is 2.64. The highest BCUT2D eigenvalue weighted by molar-refractivity contribution is 5.53. The van der Waals surface area contributed by atoms with Crippen LogP contribution in [0, 0.1) is 20.2 Å².